The molecular formula is C31H35BrN4O2. The largest absolute Gasteiger partial charge is 0.497 e. The van der Waals surface area contributed by atoms with E-state index in [1.165, 1.54) is 27.6 Å². The van der Waals surface area contributed by atoms with E-state index < -0.39 is 0 Å². The summed E-state index contributed by atoms with van der Waals surface area (Å²) in [6.07, 6.45) is 2.41. The highest BCUT2D eigenvalue weighted by Crippen LogP contribution is 2.25. The predicted octanol–water partition coefficient (Wildman–Crippen LogP) is 4.18. The summed E-state index contributed by atoms with van der Waals surface area (Å²) in [4.78, 5) is 12.4. The van der Waals surface area contributed by atoms with Gasteiger partial charge in [0.2, 0.25) is 0 Å². The van der Waals surface area contributed by atoms with Crippen LogP contribution in [0.25, 0.3) is 6.08 Å². The molecule has 0 amide bonds. The molecule has 3 aliphatic heterocycles. The van der Waals surface area contributed by atoms with E-state index in [9.17, 15) is 0 Å². The van der Waals surface area contributed by atoms with Gasteiger partial charge in [-0.15, -0.1) is 0 Å². The average Bonchev–Trinajstić information content (AvgIpc) is 2.94. The highest BCUT2D eigenvalue weighted by Gasteiger charge is 2.24. The van der Waals surface area contributed by atoms with E-state index in [4.69, 9.17) is 14.5 Å². The van der Waals surface area contributed by atoms with Gasteiger partial charge in [-0.05, 0) is 59.5 Å². The van der Waals surface area contributed by atoms with Crippen LogP contribution in [0, 0.1) is 5.92 Å². The van der Waals surface area contributed by atoms with Crippen LogP contribution in [0.2, 0.25) is 0 Å². The van der Waals surface area contributed by atoms with Gasteiger partial charge in [0, 0.05) is 73.3 Å². The van der Waals surface area contributed by atoms with Crippen molar-refractivity contribution in [3.05, 3.63) is 86.3 Å². The highest BCUT2D eigenvalue weighted by molar-refractivity contribution is 9.10. The number of piperazine rings is 1. The Morgan fingerprint density at radius 2 is 1.74 bits per heavy atom. The second-order valence-electron chi connectivity index (χ2n) is 10.6. The van der Waals surface area contributed by atoms with Crippen molar-refractivity contribution in [3.8, 4) is 11.5 Å². The summed E-state index contributed by atoms with van der Waals surface area (Å²) in [5.41, 5.74) is 5.18. The minimum Gasteiger partial charge on any atom is -0.497 e. The lowest BCUT2D eigenvalue weighted by Gasteiger charge is -2.36. The molecule has 0 radical (unpaired) electrons. The van der Waals surface area contributed by atoms with Crippen LogP contribution in [0.4, 0.5) is 5.69 Å². The molecule has 3 heterocycles. The van der Waals surface area contributed by atoms with E-state index in [1.54, 1.807) is 7.11 Å². The van der Waals surface area contributed by atoms with Crippen LogP contribution in [0.15, 0.2) is 64.1 Å². The maximum absolute atomic E-state index is 6.37. The van der Waals surface area contributed by atoms with Crippen molar-refractivity contribution < 1.29 is 9.47 Å². The van der Waals surface area contributed by atoms with E-state index in [1.807, 2.05) is 12.1 Å². The molecule has 38 heavy (non-hydrogen) atoms. The monoisotopic (exact) mass is 574 g/mol. The molecule has 0 unspecified atom stereocenters. The Morgan fingerprint density at radius 1 is 0.974 bits per heavy atom. The molecule has 7 heteroatoms. The van der Waals surface area contributed by atoms with Crippen LogP contribution >= 0.6 is 15.9 Å². The molecule has 0 saturated carbocycles. The predicted molar refractivity (Wildman–Crippen MR) is 155 cm³/mol. The highest BCUT2D eigenvalue weighted by atomic mass is 79.9. The molecule has 3 aliphatic rings. The maximum Gasteiger partial charge on any atom is 0.151 e. The Balaban J connectivity index is 1.20. The number of hydrogen-bond donors (Lipinski definition) is 0. The van der Waals surface area contributed by atoms with Crippen molar-refractivity contribution >= 4 is 27.7 Å². The number of hydrogen-bond acceptors (Lipinski definition) is 6. The smallest absolute Gasteiger partial charge is 0.151 e. The summed E-state index contributed by atoms with van der Waals surface area (Å²) in [6.45, 7) is 10.5. The van der Waals surface area contributed by atoms with Gasteiger partial charge in [0.05, 0.1) is 7.11 Å². The molecule has 3 aromatic carbocycles. The molecule has 0 aliphatic carbocycles. The molecule has 1 fully saturated rings. The van der Waals surface area contributed by atoms with Crippen molar-refractivity contribution in [2.45, 2.75) is 26.6 Å². The summed E-state index contributed by atoms with van der Waals surface area (Å²) >= 11 is 3.55. The number of methoxy groups -OCH3 is 1. The number of rotatable bonds is 6. The van der Waals surface area contributed by atoms with Gasteiger partial charge >= 0.3 is 0 Å². The Kier molecular flexibility index (Phi) is 7.41. The first-order valence-corrected chi connectivity index (χ1v) is 14.3. The molecule has 1 saturated heterocycles. The second kappa shape index (κ2) is 11.1. The standard InChI is InChI=1S/C31H35BrN4O2/c1-22-15-29-24(19-34-11-13-36(14-12-34)27-7-5-26(32)6-8-27)16-25-20-35(21-38-31(25)30(29)33-17-22)18-23-3-9-28(37-2)10-4-23/h3-10,15-16,22H,11-14,17-21H2,1-2H3/t22-/m0/s1. The first-order chi connectivity index (χ1) is 18.6. The van der Waals surface area contributed by atoms with Gasteiger partial charge in [0.1, 0.15) is 17.8 Å². The van der Waals surface area contributed by atoms with Crippen molar-refractivity contribution in [1.82, 2.24) is 9.80 Å². The quantitative estimate of drug-likeness (QED) is 0.441. The SMILES string of the molecule is COc1ccc(CN2COc3c(cc(CN4CCN(c5ccc(Br)cc5)CC4)c4c3=NC[C@@H](C)C=4)C2)cc1. The number of anilines is 1. The van der Waals surface area contributed by atoms with Gasteiger partial charge in [0.25, 0.3) is 0 Å². The zero-order valence-electron chi connectivity index (χ0n) is 22.2. The van der Waals surface area contributed by atoms with E-state index in [0.29, 0.717) is 12.6 Å². The van der Waals surface area contributed by atoms with Crippen LogP contribution in [0.5, 0.6) is 11.5 Å². The third-order valence-electron chi connectivity index (χ3n) is 7.75. The molecule has 0 aromatic heterocycles. The average molecular weight is 576 g/mol. The molecule has 0 N–H and O–H groups in total. The van der Waals surface area contributed by atoms with Crippen LogP contribution < -0.4 is 24.9 Å². The number of nitrogens with zero attached hydrogens (tertiary/aromatic N) is 4. The van der Waals surface area contributed by atoms with Crippen LogP contribution in [0.3, 0.4) is 0 Å². The molecule has 0 bridgehead atoms. The first-order valence-electron chi connectivity index (χ1n) is 13.5. The molecule has 6 rings (SSSR count). The Morgan fingerprint density at radius 3 is 2.47 bits per heavy atom. The molecule has 198 valence electrons. The number of benzene rings is 3. The normalized spacial score (nSPS) is 19.6. The van der Waals surface area contributed by atoms with Gasteiger partial charge in [-0.25, -0.2) is 0 Å². The molecule has 1 atom stereocenters. The fourth-order valence-corrected chi connectivity index (χ4v) is 5.96. The van der Waals surface area contributed by atoms with Gasteiger partial charge in [-0.2, -0.15) is 0 Å². The summed E-state index contributed by atoms with van der Waals surface area (Å²) in [6, 6.07) is 19.4. The fourth-order valence-electron chi connectivity index (χ4n) is 5.69. The van der Waals surface area contributed by atoms with Crippen molar-refractivity contribution in [2.24, 2.45) is 10.9 Å². The van der Waals surface area contributed by atoms with Crippen molar-refractivity contribution in [1.29, 1.82) is 0 Å². The third-order valence-corrected chi connectivity index (χ3v) is 8.28. The Hall–Kier alpha value is -2.87. The van der Waals surface area contributed by atoms with Gasteiger partial charge in [-0.1, -0.05) is 41.1 Å². The Bertz CT molecular complexity index is 1400. The zero-order valence-corrected chi connectivity index (χ0v) is 23.8. The number of ether oxygens (including phenoxy) is 2. The molecular weight excluding hydrogens is 540 g/mol. The third kappa shape index (κ3) is 5.46. The summed E-state index contributed by atoms with van der Waals surface area (Å²) in [7, 11) is 1.70. The van der Waals surface area contributed by atoms with E-state index in [-0.39, 0.29) is 0 Å². The Labute approximate surface area is 233 Å². The minimum absolute atomic E-state index is 0.448. The first kappa shape index (κ1) is 25.4. The maximum atomic E-state index is 6.37. The van der Waals surface area contributed by atoms with Gasteiger partial charge in [0.15, 0.2) is 5.75 Å². The van der Waals surface area contributed by atoms with E-state index >= 15 is 0 Å². The lowest BCUT2D eigenvalue weighted by molar-refractivity contribution is 0.0868. The van der Waals surface area contributed by atoms with E-state index in [0.717, 1.165) is 73.7 Å². The van der Waals surface area contributed by atoms with Gasteiger partial charge < -0.3 is 14.4 Å². The van der Waals surface area contributed by atoms with Crippen LogP contribution in [0.1, 0.15) is 23.6 Å². The number of halogens is 1. The van der Waals surface area contributed by atoms with Gasteiger partial charge in [-0.3, -0.25) is 14.8 Å². The number of fused-ring (bicyclic) bond motifs is 3. The molecule has 3 aromatic rings. The van der Waals surface area contributed by atoms with Crippen molar-refractivity contribution in [3.63, 3.8) is 0 Å². The fraction of sp³-hybridized carbons (Fsp3) is 0.387. The summed E-state index contributed by atoms with van der Waals surface area (Å²) < 4.78 is 12.8. The second-order valence-corrected chi connectivity index (χ2v) is 11.5. The molecule has 0 spiro atoms. The summed E-state index contributed by atoms with van der Waals surface area (Å²) in [5, 5.41) is 2.34. The minimum atomic E-state index is 0.448. The molecule has 6 nitrogen and oxygen atoms in total. The topological polar surface area (TPSA) is 40.5 Å². The van der Waals surface area contributed by atoms with E-state index in [2.05, 4.69) is 86.1 Å². The van der Waals surface area contributed by atoms with Crippen molar-refractivity contribution in [2.75, 3.05) is 51.5 Å². The summed E-state index contributed by atoms with van der Waals surface area (Å²) in [5.74, 6) is 2.32. The lowest BCUT2D eigenvalue weighted by Crippen LogP contribution is -2.47. The lowest BCUT2D eigenvalue weighted by atomic mass is 9.98. The van der Waals surface area contributed by atoms with Crippen LogP contribution in [-0.4, -0.2) is 56.4 Å². The zero-order chi connectivity index (χ0) is 26.1. The van der Waals surface area contributed by atoms with Crippen LogP contribution in [-0.2, 0) is 19.6 Å².